The van der Waals surface area contributed by atoms with Gasteiger partial charge in [0.25, 0.3) is 0 Å². The Labute approximate surface area is 96.2 Å². The molecule has 1 rings (SSSR count). The van der Waals surface area contributed by atoms with E-state index in [9.17, 15) is 0 Å². The molecule has 0 spiro atoms. The highest BCUT2D eigenvalue weighted by atomic mass is 16.5. The zero-order chi connectivity index (χ0) is 11.6. The van der Waals surface area contributed by atoms with Crippen LogP contribution in [-0.4, -0.2) is 37.1 Å². The van der Waals surface area contributed by atoms with Gasteiger partial charge in [-0.25, -0.2) is 0 Å². The summed E-state index contributed by atoms with van der Waals surface area (Å²) in [5, 5.41) is 11.0. The minimum atomic E-state index is 0.514. The molecule has 0 saturated carbocycles. The predicted octanol–water partition coefficient (Wildman–Crippen LogP) is 1.00. The summed E-state index contributed by atoms with van der Waals surface area (Å²) >= 11 is 0. The maximum absolute atomic E-state index is 5.37. The average Bonchev–Trinajstić information content (AvgIpc) is 2.31. The second-order valence-electron chi connectivity index (χ2n) is 3.35. The molecule has 1 aromatic heterocycles. The Morgan fingerprint density at radius 3 is 2.69 bits per heavy atom. The quantitative estimate of drug-likeness (QED) is 0.669. The largest absolute Gasteiger partial charge is 0.474 e. The summed E-state index contributed by atoms with van der Waals surface area (Å²) in [5.74, 6) is 0.542. The lowest BCUT2D eigenvalue weighted by molar-refractivity contribution is 0.0986. The molecule has 0 bridgehead atoms. The topological polar surface area (TPSA) is 56.3 Å². The van der Waals surface area contributed by atoms with Crippen LogP contribution in [0.4, 0.5) is 0 Å². The molecule has 1 aromatic rings. The number of aromatic nitrogens is 2. The summed E-state index contributed by atoms with van der Waals surface area (Å²) < 4.78 is 10.7. The summed E-state index contributed by atoms with van der Waals surface area (Å²) in [6.07, 6.45) is 1.03. The van der Waals surface area contributed by atoms with Gasteiger partial charge >= 0.3 is 0 Å². The van der Waals surface area contributed by atoms with Gasteiger partial charge in [-0.3, -0.25) is 0 Å². The monoisotopic (exact) mass is 225 g/mol. The Bertz CT molecular complexity index is 277. The lowest BCUT2D eigenvalue weighted by atomic mass is 10.4. The summed E-state index contributed by atoms with van der Waals surface area (Å²) in [4.78, 5) is 0. The Balaban J connectivity index is 2.21. The van der Waals surface area contributed by atoms with Crippen LogP contribution in [0, 0.1) is 0 Å². The van der Waals surface area contributed by atoms with E-state index in [-0.39, 0.29) is 0 Å². The molecule has 0 aliphatic heterocycles. The number of hydrogen-bond donors (Lipinski definition) is 1. The third kappa shape index (κ3) is 5.04. The molecule has 0 atom stereocenters. The van der Waals surface area contributed by atoms with Crippen LogP contribution in [0.2, 0.25) is 0 Å². The number of rotatable bonds is 8. The summed E-state index contributed by atoms with van der Waals surface area (Å²) in [6, 6.07) is 3.71. The Morgan fingerprint density at radius 2 is 2.06 bits per heavy atom. The van der Waals surface area contributed by atoms with Gasteiger partial charge in [-0.2, -0.15) is 5.10 Å². The highest BCUT2D eigenvalue weighted by Crippen LogP contribution is 2.04. The number of nitrogens with zero attached hydrogens (tertiary/aromatic N) is 2. The van der Waals surface area contributed by atoms with Crippen molar-refractivity contribution in [2.75, 3.05) is 26.9 Å². The van der Waals surface area contributed by atoms with Crippen LogP contribution in [0.5, 0.6) is 5.88 Å². The van der Waals surface area contributed by atoms with E-state index in [1.807, 2.05) is 19.2 Å². The molecular weight excluding hydrogens is 206 g/mol. The van der Waals surface area contributed by atoms with E-state index in [1.165, 1.54) is 0 Å². The molecule has 0 unspecified atom stereocenters. The van der Waals surface area contributed by atoms with Gasteiger partial charge in [0.05, 0.1) is 12.3 Å². The fourth-order valence-electron chi connectivity index (χ4n) is 1.15. The van der Waals surface area contributed by atoms with Crippen LogP contribution in [-0.2, 0) is 11.3 Å². The lowest BCUT2D eigenvalue weighted by Gasteiger charge is -2.05. The van der Waals surface area contributed by atoms with Crippen molar-refractivity contribution in [2.24, 2.45) is 0 Å². The van der Waals surface area contributed by atoms with Gasteiger partial charge in [0.1, 0.15) is 6.61 Å². The molecule has 90 valence electrons. The third-order valence-electron chi connectivity index (χ3n) is 1.88. The summed E-state index contributed by atoms with van der Waals surface area (Å²) in [7, 11) is 1.87. The fourth-order valence-corrected chi connectivity index (χ4v) is 1.15. The van der Waals surface area contributed by atoms with Crippen molar-refractivity contribution in [2.45, 2.75) is 19.9 Å². The van der Waals surface area contributed by atoms with Crippen LogP contribution < -0.4 is 10.1 Å². The molecule has 0 aliphatic rings. The van der Waals surface area contributed by atoms with Crippen molar-refractivity contribution in [1.29, 1.82) is 0 Å². The van der Waals surface area contributed by atoms with E-state index < -0.39 is 0 Å². The van der Waals surface area contributed by atoms with Gasteiger partial charge in [0, 0.05) is 19.2 Å². The van der Waals surface area contributed by atoms with Crippen molar-refractivity contribution in [3.05, 3.63) is 17.8 Å². The van der Waals surface area contributed by atoms with Crippen molar-refractivity contribution in [1.82, 2.24) is 15.5 Å². The zero-order valence-electron chi connectivity index (χ0n) is 9.90. The maximum atomic E-state index is 5.37. The van der Waals surface area contributed by atoms with Crippen molar-refractivity contribution >= 4 is 0 Å². The number of ether oxygens (including phenoxy) is 2. The Hall–Kier alpha value is -1.20. The predicted molar refractivity (Wildman–Crippen MR) is 61.4 cm³/mol. The van der Waals surface area contributed by atoms with E-state index in [4.69, 9.17) is 9.47 Å². The minimum Gasteiger partial charge on any atom is -0.474 e. The summed E-state index contributed by atoms with van der Waals surface area (Å²) in [5.41, 5.74) is 0.900. The SMILES string of the molecule is CCCOCCOc1ccc(CNC)nn1. The molecule has 5 nitrogen and oxygen atoms in total. The number of nitrogens with one attached hydrogen (secondary N) is 1. The van der Waals surface area contributed by atoms with Crippen LogP contribution in [0.3, 0.4) is 0 Å². The first-order valence-corrected chi connectivity index (χ1v) is 5.54. The molecule has 0 aliphatic carbocycles. The molecule has 0 fully saturated rings. The molecule has 0 amide bonds. The van der Waals surface area contributed by atoms with Crippen molar-refractivity contribution in [3.63, 3.8) is 0 Å². The second kappa shape index (κ2) is 8.01. The van der Waals surface area contributed by atoms with Gasteiger partial charge in [-0.15, -0.1) is 5.10 Å². The molecule has 0 aromatic carbocycles. The highest BCUT2D eigenvalue weighted by Gasteiger charge is 1.97. The molecule has 1 heterocycles. The second-order valence-corrected chi connectivity index (χ2v) is 3.35. The molecule has 0 saturated heterocycles. The molecular formula is C11H19N3O2. The van der Waals surface area contributed by atoms with Crippen LogP contribution in [0.15, 0.2) is 12.1 Å². The first-order valence-electron chi connectivity index (χ1n) is 5.54. The third-order valence-corrected chi connectivity index (χ3v) is 1.88. The molecule has 16 heavy (non-hydrogen) atoms. The summed E-state index contributed by atoms with van der Waals surface area (Å²) in [6.45, 7) is 4.67. The Morgan fingerprint density at radius 1 is 1.19 bits per heavy atom. The first-order chi connectivity index (χ1) is 7.86. The molecule has 5 heteroatoms. The van der Waals surface area contributed by atoms with E-state index in [0.717, 1.165) is 18.7 Å². The van der Waals surface area contributed by atoms with Gasteiger partial charge in [0.2, 0.25) is 5.88 Å². The van der Waals surface area contributed by atoms with E-state index in [2.05, 4.69) is 22.4 Å². The van der Waals surface area contributed by atoms with Gasteiger partial charge in [-0.05, 0) is 19.5 Å². The van der Waals surface area contributed by atoms with Crippen molar-refractivity contribution in [3.8, 4) is 5.88 Å². The number of hydrogen-bond acceptors (Lipinski definition) is 5. The first kappa shape index (κ1) is 12.9. The molecule has 1 N–H and O–H groups in total. The van der Waals surface area contributed by atoms with Crippen LogP contribution in [0.25, 0.3) is 0 Å². The fraction of sp³-hybridized carbons (Fsp3) is 0.636. The highest BCUT2D eigenvalue weighted by molar-refractivity contribution is 5.11. The van der Waals surface area contributed by atoms with E-state index >= 15 is 0 Å². The zero-order valence-corrected chi connectivity index (χ0v) is 9.90. The van der Waals surface area contributed by atoms with Crippen LogP contribution in [0.1, 0.15) is 19.0 Å². The molecule has 0 radical (unpaired) electrons. The van der Waals surface area contributed by atoms with Gasteiger partial charge in [0.15, 0.2) is 0 Å². The van der Waals surface area contributed by atoms with Crippen molar-refractivity contribution < 1.29 is 9.47 Å². The normalized spacial score (nSPS) is 10.4. The van der Waals surface area contributed by atoms with Crippen LogP contribution >= 0.6 is 0 Å². The smallest absolute Gasteiger partial charge is 0.233 e. The Kier molecular flexibility index (Phi) is 6.44. The van der Waals surface area contributed by atoms with Gasteiger partial charge in [-0.1, -0.05) is 6.92 Å². The lowest BCUT2D eigenvalue weighted by Crippen LogP contribution is -2.10. The standard InChI is InChI=1S/C11H19N3O2/c1-3-6-15-7-8-16-11-5-4-10(9-12-2)13-14-11/h4-5,12H,3,6-9H2,1-2H3. The van der Waals surface area contributed by atoms with Gasteiger partial charge < -0.3 is 14.8 Å². The van der Waals surface area contributed by atoms with E-state index in [0.29, 0.717) is 25.6 Å². The maximum Gasteiger partial charge on any atom is 0.233 e. The average molecular weight is 225 g/mol. The minimum absolute atomic E-state index is 0.514. The van der Waals surface area contributed by atoms with E-state index in [1.54, 1.807) is 0 Å².